The highest BCUT2D eigenvalue weighted by molar-refractivity contribution is 5.88. The Hall–Kier alpha value is -2.37. The maximum atomic E-state index is 12.8. The molecule has 0 radical (unpaired) electrons. The first-order valence-corrected chi connectivity index (χ1v) is 10.0. The van der Waals surface area contributed by atoms with Crippen molar-refractivity contribution < 1.29 is 14.4 Å². The van der Waals surface area contributed by atoms with Crippen molar-refractivity contribution in [2.24, 2.45) is 5.41 Å². The normalized spacial score (nSPS) is 24.2. The van der Waals surface area contributed by atoms with Crippen LogP contribution in [-0.4, -0.2) is 30.5 Å². The molecule has 0 atom stereocenters. The number of carbonyl (C=O) groups excluding carboxylic acids is 1. The van der Waals surface area contributed by atoms with E-state index in [-0.39, 0.29) is 5.41 Å². The molecule has 1 saturated heterocycles. The molecule has 1 aliphatic heterocycles. The fraction of sp³-hybridized carbons (Fsp3) is 0.435. The van der Waals surface area contributed by atoms with Crippen molar-refractivity contribution in [1.29, 1.82) is 0 Å². The second kappa shape index (κ2) is 8.33. The number of amides is 1. The molecule has 2 aromatic carbocycles. The van der Waals surface area contributed by atoms with Crippen LogP contribution >= 0.6 is 0 Å². The summed E-state index contributed by atoms with van der Waals surface area (Å²) in [6, 6.07) is 18.4. The fourth-order valence-corrected chi connectivity index (χ4v) is 4.31. The Morgan fingerprint density at radius 2 is 1.75 bits per heavy atom. The summed E-state index contributed by atoms with van der Waals surface area (Å²) in [5.74, 6) is 1.16. The van der Waals surface area contributed by atoms with Crippen LogP contribution in [-0.2, 0) is 22.8 Å². The molecule has 2 aromatic rings. The molecule has 4 rings (SSSR count). The van der Waals surface area contributed by atoms with E-state index in [9.17, 15) is 4.79 Å². The first-order valence-electron chi connectivity index (χ1n) is 10.0. The van der Waals surface area contributed by atoms with Crippen LogP contribution in [0.3, 0.4) is 0 Å². The maximum absolute atomic E-state index is 12.8. The third kappa shape index (κ3) is 4.05. The van der Waals surface area contributed by atoms with Gasteiger partial charge in [0.15, 0.2) is 0 Å². The highest BCUT2D eigenvalue weighted by Crippen LogP contribution is 2.45. The molecule has 1 aliphatic carbocycles. The number of hydrogen-bond donors (Lipinski definition) is 1. The van der Waals surface area contributed by atoms with Gasteiger partial charge in [-0.2, -0.15) is 5.48 Å². The zero-order valence-corrected chi connectivity index (χ0v) is 16.4. The Morgan fingerprint density at radius 3 is 2.39 bits per heavy atom. The van der Waals surface area contributed by atoms with Crippen LogP contribution in [0.1, 0.15) is 36.8 Å². The van der Waals surface area contributed by atoms with E-state index in [1.165, 1.54) is 0 Å². The molecule has 5 heteroatoms. The molecule has 0 bridgehead atoms. The van der Waals surface area contributed by atoms with Gasteiger partial charge < -0.3 is 9.64 Å². The summed E-state index contributed by atoms with van der Waals surface area (Å²) in [6.45, 7) is 2.12. The number of nitrogens with one attached hydrogen (secondary N) is 1. The molecule has 0 unspecified atom stereocenters. The molecular formula is C23H28N2O3. The van der Waals surface area contributed by atoms with Crippen molar-refractivity contribution in [3.63, 3.8) is 0 Å². The number of nitrogens with zero attached hydrogens (tertiary/aromatic N) is 1. The second-order valence-electron chi connectivity index (χ2n) is 7.96. The molecule has 5 nitrogen and oxygen atoms in total. The van der Waals surface area contributed by atoms with Crippen LogP contribution < -0.4 is 10.2 Å². The number of likely N-dealkylation sites (tertiary alicyclic amines) is 1. The molecule has 0 aromatic heterocycles. The van der Waals surface area contributed by atoms with Crippen LogP contribution in [0.5, 0.6) is 5.75 Å². The molecule has 2 aliphatic rings. The van der Waals surface area contributed by atoms with Crippen LogP contribution in [0.2, 0.25) is 0 Å². The van der Waals surface area contributed by atoms with Gasteiger partial charge in [-0.1, -0.05) is 42.5 Å². The average Bonchev–Trinajstić information content (AvgIpc) is 2.75. The smallest absolute Gasteiger partial charge is 0.230 e. The van der Waals surface area contributed by atoms with Gasteiger partial charge in [-0.25, -0.2) is 0 Å². The van der Waals surface area contributed by atoms with Crippen LogP contribution in [0.4, 0.5) is 0 Å². The second-order valence-corrected chi connectivity index (χ2v) is 7.96. The predicted octanol–water partition coefficient (Wildman–Crippen LogP) is 3.69. The number of benzene rings is 2. The molecule has 1 spiro atoms. The van der Waals surface area contributed by atoms with Crippen molar-refractivity contribution in [3.8, 4) is 5.75 Å². The van der Waals surface area contributed by atoms with Gasteiger partial charge in [0.2, 0.25) is 5.91 Å². The van der Waals surface area contributed by atoms with Gasteiger partial charge in [0.05, 0.1) is 19.1 Å². The third-order valence-corrected chi connectivity index (χ3v) is 6.04. The van der Waals surface area contributed by atoms with Gasteiger partial charge in [-0.05, 0) is 48.9 Å². The summed E-state index contributed by atoms with van der Waals surface area (Å²) >= 11 is 0. The lowest BCUT2D eigenvalue weighted by molar-refractivity contribution is -0.166. The summed E-state index contributed by atoms with van der Waals surface area (Å²) < 4.78 is 5.19. The summed E-state index contributed by atoms with van der Waals surface area (Å²) in [4.78, 5) is 20.5. The molecule has 1 saturated carbocycles. The Morgan fingerprint density at radius 1 is 1.04 bits per heavy atom. The molecule has 1 heterocycles. The summed E-state index contributed by atoms with van der Waals surface area (Å²) in [5.41, 5.74) is 5.37. The van der Waals surface area contributed by atoms with Gasteiger partial charge in [0.1, 0.15) is 5.75 Å². The predicted molar refractivity (Wildman–Crippen MR) is 107 cm³/mol. The summed E-state index contributed by atoms with van der Waals surface area (Å²) in [6.07, 6.45) is 3.85. The molecule has 1 N–H and O–H groups in total. The van der Waals surface area contributed by atoms with E-state index in [2.05, 4.69) is 17.6 Å². The Bertz CT molecular complexity index is 783. The minimum Gasteiger partial charge on any atom is -0.497 e. The van der Waals surface area contributed by atoms with Crippen molar-refractivity contribution in [2.45, 2.75) is 44.9 Å². The molecular weight excluding hydrogens is 352 g/mol. The highest BCUT2D eigenvalue weighted by atomic mass is 16.6. The topological polar surface area (TPSA) is 50.8 Å². The number of β-lactam (4-membered cyclic amide) rings is 1. The standard InChI is InChI=1S/C23H28N2O3/c1-27-21-9-7-18(8-10-21)15-25-17-23(22(25)26)13-11-20(12-14-23)24-28-16-19-5-3-2-4-6-19/h2-10,20,24H,11-17H2,1H3. The lowest BCUT2D eigenvalue weighted by atomic mass is 9.66. The SMILES string of the molecule is COc1ccc(CN2CC3(CCC(NOCc4ccccc4)CC3)C2=O)cc1. The third-order valence-electron chi connectivity index (χ3n) is 6.04. The zero-order chi connectivity index (χ0) is 19.4. The van der Waals surface area contributed by atoms with Gasteiger partial charge in [-0.3, -0.25) is 9.63 Å². The summed E-state index contributed by atoms with van der Waals surface area (Å²) in [5, 5.41) is 0. The molecule has 1 amide bonds. The van der Waals surface area contributed by atoms with Crippen molar-refractivity contribution in [3.05, 3.63) is 65.7 Å². The quantitative estimate of drug-likeness (QED) is 0.588. The lowest BCUT2D eigenvalue weighted by Gasteiger charge is -2.52. The largest absolute Gasteiger partial charge is 0.497 e. The maximum Gasteiger partial charge on any atom is 0.230 e. The lowest BCUT2D eigenvalue weighted by Crippen LogP contribution is -2.62. The van der Waals surface area contributed by atoms with E-state index in [0.717, 1.165) is 49.1 Å². The number of methoxy groups -OCH3 is 1. The number of ether oxygens (including phenoxy) is 1. The van der Waals surface area contributed by atoms with Crippen LogP contribution in [0.25, 0.3) is 0 Å². The van der Waals surface area contributed by atoms with Crippen LogP contribution in [0, 0.1) is 5.41 Å². The van der Waals surface area contributed by atoms with E-state index >= 15 is 0 Å². The van der Waals surface area contributed by atoms with Crippen LogP contribution in [0.15, 0.2) is 54.6 Å². The number of hydroxylamine groups is 1. The number of hydrogen-bond acceptors (Lipinski definition) is 4. The van der Waals surface area contributed by atoms with E-state index in [1.807, 2.05) is 47.4 Å². The van der Waals surface area contributed by atoms with E-state index in [0.29, 0.717) is 25.1 Å². The van der Waals surface area contributed by atoms with Crippen molar-refractivity contribution in [2.75, 3.05) is 13.7 Å². The first-order chi connectivity index (χ1) is 13.7. The molecule has 148 valence electrons. The fourth-order valence-electron chi connectivity index (χ4n) is 4.31. The van der Waals surface area contributed by atoms with Crippen molar-refractivity contribution in [1.82, 2.24) is 10.4 Å². The van der Waals surface area contributed by atoms with E-state index in [4.69, 9.17) is 9.57 Å². The van der Waals surface area contributed by atoms with E-state index in [1.54, 1.807) is 7.11 Å². The van der Waals surface area contributed by atoms with Gasteiger partial charge in [-0.15, -0.1) is 0 Å². The number of rotatable bonds is 7. The number of carbonyl (C=O) groups is 1. The monoisotopic (exact) mass is 380 g/mol. The Labute approximate surface area is 166 Å². The van der Waals surface area contributed by atoms with Gasteiger partial charge in [0.25, 0.3) is 0 Å². The average molecular weight is 380 g/mol. The summed E-state index contributed by atoms with van der Waals surface area (Å²) in [7, 11) is 1.66. The Balaban J connectivity index is 1.21. The minimum atomic E-state index is -0.135. The van der Waals surface area contributed by atoms with Crippen molar-refractivity contribution >= 4 is 5.91 Å². The minimum absolute atomic E-state index is 0.135. The van der Waals surface area contributed by atoms with Gasteiger partial charge >= 0.3 is 0 Å². The van der Waals surface area contributed by atoms with E-state index < -0.39 is 0 Å². The highest BCUT2D eigenvalue weighted by Gasteiger charge is 2.52. The zero-order valence-electron chi connectivity index (χ0n) is 16.4. The molecule has 2 fully saturated rings. The Kier molecular flexibility index (Phi) is 5.64. The van der Waals surface area contributed by atoms with Gasteiger partial charge in [0, 0.05) is 19.1 Å². The first kappa shape index (κ1) is 19.0. The molecule has 28 heavy (non-hydrogen) atoms.